The van der Waals surface area contributed by atoms with Gasteiger partial charge in [0, 0.05) is 11.1 Å². The standard InChI is InChI=1S/C21H24F2N2O3/c1-20(2,22)24-18(26)14-9-10-16(13-7-6-8-15(11-13)28-5)17(12-14)19(27)25-21(3,4)23/h6-12H,1-5H3,(H,24,26)(H,25,27). The third-order valence-corrected chi connectivity index (χ3v) is 3.73. The van der Waals surface area contributed by atoms with Gasteiger partial charge in [0.15, 0.2) is 11.6 Å². The molecule has 0 aliphatic rings. The first kappa shape index (κ1) is 21.3. The summed E-state index contributed by atoms with van der Waals surface area (Å²) in [6, 6.07) is 11.3. The fraction of sp³-hybridized carbons (Fsp3) is 0.333. The number of halogens is 2. The number of carbonyl (C=O) groups excluding carboxylic acids is 2. The number of rotatable bonds is 6. The Kier molecular flexibility index (Phi) is 6.07. The molecule has 2 aromatic carbocycles. The largest absolute Gasteiger partial charge is 0.497 e. The minimum atomic E-state index is -1.96. The lowest BCUT2D eigenvalue weighted by atomic mass is 9.96. The monoisotopic (exact) mass is 390 g/mol. The summed E-state index contributed by atoms with van der Waals surface area (Å²) in [6.07, 6.45) is 0. The predicted molar refractivity (Wildman–Crippen MR) is 104 cm³/mol. The van der Waals surface area contributed by atoms with Crippen LogP contribution in [0.5, 0.6) is 5.75 Å². The van der Waals surface area contributed by atoms with Gasteiger partial charge in [-0.2, -0.15) is 0 Å². The Bertz CT molecular complexity index is 884. The number of hydrogen-bond donors (Lipinski definition) is 2. The van der Waals surface area contributed by atoms with E-state index in [-0.39, 0.29) is 11.1 Å². The van der Waals surface area contributed by atoms with E-state index in [4.69, 9.17) is 4.74 Å². The molecule has 0 aliphatic heterocycles. The molecule has 0 atom stereocenters. The Hall–Kier alpha value is -2.96. The van der Waals surface area contributed by atoms with Gasteiger partial charge in [0.25, 0.3) is 11.8 Å². The number of carbonyl (C=O) groups is 2. The number of methoxy groups -OCH3 is 1. The van der Waals surface area contributed by atoms with Crippen molar-refractivity contribution in [2.45, 2.75) is 39.3 Å². The fourth-order valence-electron chi connectivity index (χ4n) is 2.60. The Morgan fingerprint density at radius 1 is 0.893 bits per heavy atom. The van der Waals surface area contributed by atoms with Gasteiger partial charge in [0.05, 0.1) is 7.11 Å². The maximum atomic E-state index is 14.0. The maximum Gasteiger partial charge on any atom is 0.254 e. The SMILES string of the molecule is COc1cccc(-c2ccc(C(=O)NC(C)(C)F)cc2C(=O)NC(C)(C)F)c1. The predicted octanol–water partition coefficient (Wildman–Crippen LogP) is 4.23. The minimum absolute atomic E-state index is 0.0826. The first-order valence-electron chi connectivity index (χ1n) is 8.71. The molecule has 5 nitrogen and oxygen atoms in total. The van der Waals surface area contributed by atoms with Crippen LogP contribution in [0.4, 0.5) is 8.78 Å². The molecule has 0 radical (unpaired) electrons. The zero-order valence-corrected chi connectivity index (χ0v) is 16.5. The lowest BCUT2D eigenvalue weighted by Crippen LogP contribution is -2.40. The van der Waals surface area contributed by atoms with Crippen LogP contribution in [0.2, 0.25) is 0 Å². The Morgan fingerprint density at radius 3 is 2.07 bits per heavy atom. The van der Waals surface area contributed by atoms with Gasteiger partial charge in [-0.05, 0) is 63.1 Å². The van der Waals surface area contributed by atoms with Gasteiger partial charge in [-0.3, -0.25) is 9.59 Å². The maximum absolute atomic E-state index is 14.0. The normalized spacial score (nSPS) is 11.7. The highest BCUT2D eigenvalue weighted by Gasteiger charge is 2.24. The van der Waals surface area contributed by atoms with E-state index >= 15 is 0 Å². The molecule has 2 amide bonds. The van der Waals surface area contributed by atoms with E-state index in [0.29, 0.717) is 16.9 Å². The molecule has 0 spiro atoms. The van der Waals surface area contributed by atoms with Crippen molar-refractivity contribution in [1.29, 1.82) is 0 Å². The van der Waals surface area contributed by atoms with Gasteiger partial charge in [0.2, 0.25) is 0 Å². The molecule has 0 heterocycles. The molecule has 0 aromatic heterocycles. The summed E-state index contributed by atoms with van der Waals surface area (Å²) in [7, 11) is 1.52. The number of alkyl halides is 2. The molecule has 2 rings (SSSR count). The van der Waals surface area contributed by atoms with Crippen molar-refractivity contribution in [2.24, 2.45) is 0 Å². The van der Waals surface area contributed by atoms with E-state index in [9.17, 15) is 18.4 Å². The van der Waals surface area contributed by atoms with E-state index in [1.54, 1.807) is 30.3 Å². The zero-order chi connectivity index (χ0) is 21.1. The molecule has 0 aliphatic carbocycles. The molecule has 0 saturated carbocycles. The van der Waals surface area contributed by atoms with Crippen molar-refractivity contribution in [3.63, 3.8) is 0 Å². The molecule has 150 valence electrons. The van der Waals surface area contributed by atoms with E-state index in [2.05, 4.69) is 10.6 Å². The van der Waals surface area contributed by atoms with Crippen LogP contribution in [0, 0.1) is 0 Å². The second kappa shape index (κ2) is 7.96. The summed E-state index contributed by atoms with van der Waals surface area (Å²) in [6.45, 7) is 4.82. The summed E-state index contributed by atoms with van der Waals surface area (Å²) < 4.78 is 32.9. The van der Waals surface area contributed by atoms with Crippen LogP contribution in [0.15, 0.2) is 42.5 Å². The summed E-state index contributed by atoms with van der Waals surface area (Å²) in [4.78, 5) is 25.0. The molecule has 0 fully saturated rings. The van der Waals surface area contributed by atoms with Crippen LogP contribution in [0.1, 0.15) is 48.4 Å². The van der Waals surface area contributed by atoms with E-state index in [1.165, 1.54) is 46.9 Å². The molecule has 7 heteroatoms. The minimum Gasteiger partial charge on any atom is -0.497 e. The third kappa shape index (κ3) is 5.77. The first-order chi connectivity index (χ1) is 12.9. The topological polar surface area (TPSA) is 67.4 Å². The lowest BCUT2D eigenvalue weighted by molar-refractivity contribution is 0.0796. The van der Waals surface area contributed by atoms with E-state index < -0.39 is 23.4 Å². The van der Waals surface area contributed by atoms with Crippen LogP contribution >= 0.6 is 0 Å². The van der Waals surface area contributed by atoms with Crippen LogP contribution in [0.25, 0.3) is 11.1 Å². The van der Waals surface area contributed by atoms with Crippen molar-refractivity contribution in [1.82, 2.24) is 10.6 Å². The van der Waals surface area contributed by atoms with Crippen molar-refractivity contribution in [3.8, 4) is 16.9 Å². The van der Waals surface area contributed by atoms with Gasteiger partial charge in [-0.1, -0.05) is 18.2 Å². The van der Waals surface area contributed by atoms with Crippen LogP contribution in [-0.4, -0.2) is 30.5 Å². The van der Waals surface area contributed by atoms with Crippen molar-refractivity contribution in [2.75, 3.05) is 7.11 Å². The summed E-state index contributed by atoms with van der Waals surface area (Å²) >= 11 is 0. The highest BCUT2D eigenvalue weighted by Crippen LogP contribution is 2.28. The van der Waals surface area contributed by atoms with Gasteiger partial charge in [0.1, 0.15) is 5.75 Å². The molecule has 0 saturated heterocycles. The zero-order valence-electron chi connectivity index (χ0n) is 16.5. The number of nitrogens with one attached hydrogen (secondary N) is 2. The molecule has 28 heavy (non-hydrogen) atoms. The van der Waals surface area contributed by atoms with Gasteiger partial charge in [-0.25, -0.2) is 8.78 Å². The summed E-state index contributed by atoms with van der Waals surface area (Å²) in [5.41, 5.74) is 1.30. The number of ether oxygens (including phenoxy) is 1. The fourth-order valence-corrected chi connectivity index (χ4v) is 2.60. The number of hydrogen-bond acceptors (Lipinski definition) is 3. The number of benzene rings is 2. The molecule has 0 unspecified atom stereocenters. The Morgan fingerprint density at radius 2 is 1.50 bits per heavy atom. The van der Waals surface area contributed by atoms with Crippen LogP contribution < -0.4 is 15.4 Å². The van der Waals surface area contributed by atoms with Gasteiger partial charge in [-0.15, -0.1) is 0 Å². The quantitative estimate of drug-likeness (QED) is 0.726. The van der Waals surface area contributed by atoms with E-state index in [1.807, 2.05) is 0 Å². The van der Waals surface area contributed by atoms with Crippen LogP contribution in [-0.2, 0) is 0 Å². The number of amides is 2. The molecular formula is C21H24F2N2O3. The van der Waals surface area contributed by atoms with Crippen molar-refractivity contribution < 1.29 is 23.1 Å². The molecular weight excluding hydrogens is 366 g/mol. The Balaban J connectivity index is 2.55. The smallest absolute Gasteiger partial charge is 0.254 e. The average molecular weight is 390 g/mol. The van der Waals surface area contributed by atoms with Gasteiger partial charge < -0.3 is 15.4 Å². The third-order valence-electron chi connectivity index (χ3n) is 3.73. The molecule has 0 bridgehead atoms. The summed E-state index contributed by atoms with van der Waals surface area (Å²) in [5.74, 6) is -4.68. The highest BCUT2D eigenvalue weighted by atomic mass is 19.1. The van der Waals surface area contributed by atoms with E-state index in [0.717, 1.165) is 0 Å². The highest BCUT2D eigenvalue weighted by molar-refractivity contribution is 6.04. The second-order valence-corrected chi connectivity index (χ2v) is 7.35. The molecule has 2 aromatic rings. The average Bonchev–Trinajstić information content (AvgIpc) is 2.58. The summed E-state index contributed by atoms with van der Waals surface area (Å²) in [5, 5.41) is 4.44. The molecule has 2 N–H and O–H groups in total. The van der Waals surface area contributed by atoms with Gasteiger partial charge >= 0.3 is 0 Å². The second-order valence-electron chi connectivity index (χ2n) is 7.35. The Labute approximate surface area is 163 Å². The van der Waals surface area contributed by atoms with Crippen LogP contribution in [0.3, 0.4) is 0 Å². The lowest BCUT2D eigenvalue weighted by Gasteiger charge is -2.20. The van der Waals surface area contributed by atoms with Crippen molar-refractivity contribution in [3.05, 3.63) is 53.6 Å². The first-order valence-corrected chi connectivity index (χ1v) is 8.71. The van der Waals surface area contributed by atoms with Crippen molar-refractivity contribution >= 4 is 11.8 Å².